The summed E-state index contributed by atoms with van der Waals surface area (Å²) in [4.78, 5) is 17.0. The number of rotatable bonds is 7. The van der Waals surface area contributed by atoms with Gasteiger partial charge in [-0.25, -0.2) is 4.98 Å². The zero-order chi connectivity index (χ0) is 54.3. The van der Waals surface area contributed by atoms with Crippen molar-refractivity contribution in [2.24, 2.45) is 0 Å². The Morgan fingerprint density at radius 1 is 0.205 bits per heavy atom. The molecule has 6 aromatic heterocycles. The van der Waals surface area contributed by atoms with E-state index in [2.05, 4.69) is 302 Å². The Bertz CT molecular complexity index is 5350. The second kappa shape index (κ2) is 17.6. The molecule has 0 amide bonds. The van der Waals surface area contributed by atoms with Gasteiger partial charge in [0.15, 0.2) is 11.6 Å². The summed E-state index contributed by atoms with van der Waals surface area (Å²) in [6.07, 6.45) is 0. The van der Waals surface area contributed by atoms with E-state index < -0.39 is 0 Å². The molecule has 18 rings (SSSR count). The van der Waals surface area contributed by atoms with Gasteiger partial charge in [-0.15, -0.1) is 0 Å². The maximum absolute atomic E-state index is 5.70. The molecule has 0 spiro atoms. The molecule has 0 saturated carbocycles. The van der Waals surface area contributed by atoms with Crippen LogP contribution >= 0.6 is 0 Å². The lowest BCUT2D eigenvalue weighted by Gasteiger charge is -2.17. The third-order valence-corrected chi connectivity index (χ3v) is 17.1. The van der Waals surface area contributed by atoms with Crippen molar-refractivity contribution in [2.45, 2.75) is 0 Å². The highest BCUT2D eigenvalue weighted by Crippen LogP contribution is 2.46. The highest BCUT2D eigenvalue weighted by molar-refractivity contribution is 6.28. The second-order valence-corrected chi connectivity index (χ2v) is 21.5. The molecular weight excluding hydrogens is 1010 g/mol. The van der Waals surface area contributed by atoms with Crippen LogP contribution in [0.25, 0.3) is 161 Å². The van der Waals surface area contributed by atoms with Crippen LogP contribution in [0.5, 0.6) is 0 Å². The van der Waals surface area contributed by atoms with Gasteiger partial charge in [-0.3, -0.25) is 4.57 Å². The topological polar surface area (TPSA) is 63.3 Å². The van der Waals surface area contributed by atoms with E-state index in [1.807, 2.05) is 0 Å². The van der Waals surface area contributed by atoms with Crippen molar-refractivity contribution in [3.63, 3.8) is 0 Å². The van der Waals surface area contributed by atoms with E-state index in [1.165, 1.54) is 54.4 Å². The Hall–Kier alpha value is -11.4. The minimum atomic E-state index is 0.527. The minimum absolute atomic E-state index is 0.527. The minimum Gasteiger partial charge on any atom is -0.309 e. The highest BCUT2D eigenvalue weighted by Gasteiger charge is 2.27. The quantitative estimate of drug-likeness (QED) is 0.160. The standard InChI is InChI=1S/C75H46N8/c1-3-23-47(24-4-1)79-59-35-15-9-29-51(59)53-43-45-67-69(71(53)79)55-31-11-19-39-63(55)81(67)65-41-21-13-33-57(65)73-76-74(78-75(77-73)83-61-37-17-7-27-49(61)50-28-8-18-38-62(50)83)58-34-14-22-42-66(58)82-64-40-20-12-32-56(64)70-68(82)46-44-54-52-30-10-16-36-60(52)80(72(54)70)48-25-5-2-6-26-48/h1-46H. The Morgan fingerprint density at radius 3 is 0.928 bits per heavy atom. The van der Waals surface area contributed by atoms with Crippen molar-refractivity contribution >= 4 is 109 Å². The summed E-state index contributed by atoms with van der Waals surface area (Å²) in [5, 5.41) is 11.8. The Balaban J connectivity index is 0.922. The molecule has 0 N–H and O–H groups in total. The fourth-order valence-electron chi connectivity index (χ4n) is 13.8. The number of hydrogen-bond acceptors (Lipinski definition) is 3. The van der Waals surface area contributed by atoms with Crippen molar-refractivity contribution in [3.8, 4) is 51.5 Å². The number of nitrogens with zero attached hydrogens (tertiary/aromatic N) is 8. The van der Waals surface area contributed by atoms with Gasteiger partial charge in [-0.05, 0) is 97.1 Å². The first-order valence-electron chi connectivity index (χ1n) is 28.2. The molecule has 0 saturated heterocycles. The smallest absolute Gasteiger partial charge is 0.238 e. The first kappa shape index (κ1) is 45.5. The number of aromatic nitrogens is 8. The largest absolute Gasteiger partial charge is 0.309 e. The van der Waals surface area contributed by atoms with Crippen molar-refractivity contribution < 1.29 is 0 Å². The predicted octanol–water partition coefficient (Wildman–Crippen LogP) is 18.7. The molecule has 0 unspecified atom stereocenters. The third-order valence-electron chi connectivity index (χ3n) is 17.1. The van der Waals surface area contributed by atoms with Gasteiger partial charge in [-0.1, -0.05) is 182 Å². The van der Waals surface area contributed by atoms with Crippen molar-refractivity contribution in [1.82, 2.24) is 37.8 Å². The molecule has 0 aliphatic rings. The first-order valence-corrected chi connectivity index (χ1v) is 28.2. The van der Waals surface area contributed by atoms with Crippen LogP contribution < -0.4 is 0 Å². The van der Waals surface area contributed by atoms with Gasteiger partial charge in [0.05, 0.1) is 66.5 Å². The van der Waals surface area contributed by atoms with E-state index in [-0.39, 0.29) is 0 Å². The summed E-state index contributed by atoms with van der Waals surface area (Å²) in [5.41, 5.74) is 16.9. The summed E-state index contributed by atoms with van der Waals surface area (Å²) in [5.74, 6) is 1.64. The van der Waals surface area contributed by atoms with Crippen molar-refractivity contribution in [1.29, 1.82) is 0 Å². The lowest BCUT2D eigenvalue weighted by Crippen LogP contribution is -2.09. The molecular formula is C75H46N8. The molecule has 0 atom stereocenters. The Labute approximate surface area is 474 Å². The normalized spacial score (nSPS) is 12.1. The van der Waals surface area contributed by atoms with Crippen LogP contribution in [0.4, 0.5) is 0 Å². The van der Waals surface area contributed by atoms with Gasteiger partial charge in [-0.2, -0.15) is 9.97 Å². The van der Waals surface area contributed by atoms with Crippen LogP contribution in [0, 0.1) is 0 Å². The average Bonchev–Trinajstić information content (AvgIpc) is 3.23. The van der Waals surface area contributed by atoms with Gasteiger partial charge >= 0.3 is 0 Å². The molecule has 386 valence electrons. The second-order valence-electron chi connectivity index (χ2n) is 21.5. The number of hydrogen-bond donors (Lipinski definition) is 0. The molecule has 0 fully saturated rings. The maximum Gasteiger partial charge on any atom is 0.238 e. The van der Waals surface area contributed by atoms with Gasteiger partial charge in [0, 0.05) is 76.4 Å². The van der Waals surface area contributed by atoms with Gasteiger partial charge in [0.1, 0.15) is 0 Å². The summed E-state index contributed by atoms with van der Waals surface area (Å²) >= 11 is 0. The van der Waals surface area contributed by atoms with E-state index in [9.17, 15) is 0 Å². The van der Waals surface area contributed by atoms with E-state index in [0.717, 1.165) is 88.5 Å². The Kier molecular flexibility index (Phi) is 9.64. The fourth-order valence-corrected chi connectivity index (χ4v) is 13.8. The summed E-state index contributed by atoms with van der Waals surface area (Å²) < 4.78 is 11.9. The number of fused-ring (bicyclic) bond motifs is 17. The lowest BCUT2D eigenvalue weighted by atomic mass is 10.1. The monoisotopic (exact) mass is 1060 g/mol. The van der Waals surface area contributed by atoms with Gasteiger partial charge in [0.2, 0.25) is 5.95 Å². The molecule has 83 heavy (non-hydrogen) atoms. The van der Waals surface area contributed by atoms with Crippen LogP contribution in [0.3, 0.4) is 0 Å². The summed E-state index contributed by atoms with van der Waals surface area (Å²) in [6, 6.07) is 100. The van der Waals surface area contributed by atoms with Crippen molar-refractivity contribution in [2.75, 3.05) is 0 Å². The van der Waals surface area contributed by atoms with Gasteiger partial charge < -0.3 is 18.3 Å². The molecule has 8 heteroatoms. The summed E-state index contributed by atoms with van der Waals surface area (Å²) in [6.45, 7) is 0. The molecule has 0 aliphatic heterocycles. The molecule has 6 heterocycles. The molecule has 0 bridgehead atoms. The van der Waals surface area contributed by atoms with Crippen LogP contribution in [0.15, 0.2) is 279 Å². The van der Waals surface area contributed by atoms with Crippen molar-refractivity contribution in [3.05, 3.63) is 279 Å². The zero-order valence-electron chi connectivity index (χ0n) is 44.6. The highest BCUT2D eigenvalue weighted by atomic mass is 15.2. The van der Waals surface area contributed by atoms with E-state index in [0.29, 0.717) is 17.6 Å². The Morgan fingerprint density at radius 2 is 0.518 bits per heavy atom. The third kappa shape index (κ3) is 6.48. The lowest BCUT2D eigenvalue weighted by molar-refractivity contribution is 0.950. The molecule has 0 radical (unpaired) electrons. The van der Waals surface area contributed by atoms with Crippen LogP contribution in [-0.2, 0) is 0 Å². The van der Waals surface area contributed by atoms with E-state index >= 15 is 0 Å². The molecule has 0 aliphatic carbocycles. The average molecular weight is 1060 g/mol. The van der Waals surface area contributed by atoms with Crippen LogP contribution in [0.2, 0.25) is 0 Å². The number of benzene rings is 12. The fraction of sp³-hybridized carbons (Fsp3) is 0. The molecule has 12 aromatic carbocycles. The van der Waals surface area contributed by atoms with E-state index in [4.69, 9.17) is 15.0 Å². The predicted molar refractivity (Wildman–Crippen MR) is 342 cm³/mol. The SMILES string of the molecule is c1ccc(-n2c3ccccc3c3ccc4c(c5ccccc5n4-c4ccccc4-c4nc(-c5ccccc5-n5c6ccccc6c6c5ccc5c7ccccc7n(-c7ccccc7)c56)nc(-n5c6ccccc6c6ccccc65)n4)c32)cc1. The van der Waals surface area contributed by atoms with Gasteiger partial charge in [0.25, 0.3) is 0 Å². The maximum atomic E-state index is 5.70. The van der Waals surface area contributed by atoms with E-state index in [1.54, 1.807) is 0 Å². The van der Waals surface area contributed by atoms with Crippen LogP contribution in [0.1, 0.15) is 0 Å². The number of para-hydroxylation sites is 10. The summed E-state index contributed by atoms with van der Waals surface area (Å²) in [7, 11) is 0. The van der Waals surface area contributed by atoms with Crippen LogP contribution in [-0.4, -0.2) is 37.8 Å². The molecule has 8 nitrogen and oxygen atoms in total. The zero-order valence-corrected chi connectivity index (χ0v) is 44.6. The molecule has 18 aromatic rings. The first-order chi connectivity index (χ1) is 41.2.